The van der Waals surface area contributed by atoms with E-state index < -0.39 is 18.5 Å². The summed E-state index contributed by atoms with van der Waals surface area (Å²) < 4.78 is 0. The highest BCUT2D eigenvalue weighted by atomic mass is 16.4. The molecule has 0 aromatic carbocycles. The van der Waals surface area contributed by atoms with Crippen molar-refractivity contribution in [2.45, 2.75) is 6.54 Å². The van der Waals surface area contributed by atoms with Gasteiger partial charge in [0.15, 0.2) is 0 Å². The van der Waals surface area contributed by atoms with E-state index in [1.54, 1.807) is 24.5 Å². The van der Waals surface area contributed by atoms with Crippen LogP contribution in [0.4, 0.5) is 4.79 Å². The number of rotatable bonds is 5. The Balaban J connectivity index is 2.52. The van der Waals surface area contributed by atoms with E-state index in [2.05, 4.69) is 16.2 Å². The lowest BCUT2D eigenvalue weighted by Crippen LogP contribution is -2.42. The van der Waals surface area contributed by atoms with Gasteiger partial charge in [0.1, 0.15) is 6.54 Å². The van der Waals surface area contributed by atoms with Crippen LogP contribution in [0.1, 0.15) is 5.56 Å². The molecule has 0 aliphatic rings. The molecule has 0 atom stereocenters. The Morgan fingerprint density at radius 3 is 2.89 bits per heavy atom. The van der Waals surface area contributed by atoms with Crippen LogP contribution < -0.4 is 5.32 Å². The molecule has 18 heavy (non-hydrogen) atoms. The van der Waals surface area contributed by atoms with Crippen molar-refractivity contribution in [3.63, 3.8) is 0 Å². The zero-order valence-corrected chi connectivity index (χ0v) is 9.67. The van der Waals surface area contributed by atoms with E-state index in [4.69, 9.17) is 11.5 Å². The highest BCUT2D eigenvalue weighted by Gasteiger charge is 2.14. The first-order valence-corrected chi connectivity index (χ1v) is 5.20. The van der Waals surface area contributed by atoms with Gasteiger partial charge in [-0.3, -0.25) is 9.78 Å². The molecule has 94 valence electrons. The topological polar surface area (TPSA) is 82.5 Å². The summed E-state index contributed by atoms with van der Waals surface area (Å²) in [7, 11) is 0. The third kappa shape index (κ3) is 4.53. The van der Waals surface area contributed by atoms with Gasteiger partial charge < -0.3 is 15.3 Å². The van der Waals surface area contributed by atoms with Gasteiger partial charge in [0, 0.05) is 18.9 Å². The van der Waals surface area contributed by atoms with Crippen LogP contribution >= 0.6 is 0 Å². The average Bonchev–Trinajstić information content (AvgIpc) is 2.36. The molecule has 0 fully saturated rings. The molecular formula is C12H13N3O3. The maximum atomic E-state index is 11.7. The number of hydrogen-bond acceptors (Lipinski definition) is 3. The summed E-state index contributed by atoms with van der Waals surface area (Å²) in [4.78, 5) is 27.2. The van der Waals surface area contributed by atoms with E-state index in [1.165, 1.54) is 0 Å². The molecule has 6 heteroatoms. The van der Waals surface area contributed by atoms with Crippen molar-refractivity contribution in [2.75, 3.05) is 13.1 Å². The Labute approximate surface area is 105 Å². The Bertz CT molecular complexity index is 453. The fourth-order valence-corrected chi connectivity index (χ4v) is 1.27. The van der Waals surface area contributed by atoms with Gasteiger partial charge in [-0.2, -0.15) is 0 Å². The second kappa shape index (κ2) is 6.91. The number of nitrogens with one attached hydrogen (secondary N) is 1. The van der Waals surface area contributed by atoms with Gasteiger partial charge in [-0.05, 0) is 11.6 Å². The molecule has 0 aliphatic heterocycles. The Morgan fingerprint density at radius 2 is 2.33 bits per heavy atom. The molecule has 2 N–H and O–H groups in total. The van der Waals surface area contributed by atoms with Crippen molar-refractivity contribution < 1.29 is 14.7 Å². The van der Waals surface area contributed by atoms with E-state index in [0.717, 1.165) is 10.5 Å². The number of carboxylic acid groups (broad SMARTS) is 1. The van der Waals surface area contributed by atoms with E-state index in [0.29, 0.717) is 0 Å². The summed E-state index contributed by atoms with van der Waals surface area (Å²) in [6, 6.07) is 3.03. The molecule has 0 radical (unpaired) electrons. The molecule has 1 aromatic heterocycles. The summed E-state index contributed by atoms with van der Waals surface area (Å²) in [6.45, 7) is -0.207. The first-order valence-electron chi connectivity index (χ1n) is 5.20. The van der Waals surface area contributed by atoms with Crippen molar-refractivity contribution in [1.82, 2.24) is 15.2 Å². The van der Waals surface area contributed by atoms with Crippen LogP contribution in [-0.2, 0) is 11.3 Å². The number of nitrogens with zero attached hydrogens (tertiary/aromatic N) is 2. The smallest absolute Gasteiger partial charge is 0.323 e. The van der Waals surface area contributed by atoms with Crippen molar-refractivity contribution in [3.05, 3.63) is 30.1 Å². The van der Waals surface area contributed by atoms with Gasteiger partial charge in [-0.25, -0.2) is 4.79 Å². The summed E-state index contributed by atoms with van der Waals surface area (Å²) >= 11 is 0. The van der Waals surface area contributed by atoms with Gasteiger partial charge in [0.2, 0.25) is 0 Å². The molecule has 1 rings (SSSR count). The number of hydrogen-bond donors (Lipinski definition) is 2. The minimum Gasteiger partial charge on any atom is -0.480 e. The van der Waals surface area contributed by atoms with Crippen LogP contribution in [-0.4, -0.2) is 40.1 Å². The summed E-state index contributed by atoms with van der Waals surface area (Å²) in [5.74, 6) is 1.13. The van der Waals surface area contributed by atoms with Crippen LogP contribution in [0.25, 0.3) is 0 Å². The van der Waals surface area contributed by atoms with Crippen LogP contribution in [0, 0.1) is 12.3 Å². The summed E-state index contributed by atoms with van der Waals surface area (Å²) in [6.07, 6.45) is 8.32. The van der Waals surface area contributed by atoms with Gasteiger partial charge in [-0.15, -0.1) is 6.42 Å². The highest BCUT2D eigenvalue weighted by Crippen LogP contribution is 1.96. The van der Waals surface area contributed by atoms with Gasteiger partial charge >= 0.3 is 12.0 Å². The molecule has 6 nitrogen and oxygen atoms in total. The Morgan fingerprint density at radius 1 is 1.56 bits per heavy atom. The summed E-state index contributed by atoms with van der Waals surface area (Å²) in [5.41, 5.74) is 0.821. The van der Waals surface area contributed by atoms with E-state index >= 15 is 0 Å². The standard InChI is InChI=1S/C12H13N3O3/c1-2-6-15(9-11(16)17)12(18)14-8-10-4-3-5-13-7-10/h1,3-5,7H,6,8-9H2,(H,14,18)(H,16,17). The number of aliphatic carboxylic acids is 1. The molecule has 0 spiro atoms. The zero-order chi connectivity index (χ0) is 13.4. The van der Waals surface area contributed by atoms with E-state index in [1.807, 2.05) is 0 Å². The zero-order valence-electron chi connectivity index (χ0n) is 9.67. The number of amides is 2. The number of urea groups is 1. The van der Waals surface area contributed by atoms with Crippen LogP contribution in [0.2, 0.25) is 0 Å². The predicted octanol–water partition coefficient (Wildman–Crippen LogP) is 0.311. The predicted molar refractivity (Wildman–Crippen MR) is 64.5 cm³/mol. The van der Waals surface area contributed by atoms with Crippen molar-refractivity contribution in [1.29, 1.82) is 0 Å². The van der Waals surface area contributed by atoms with Gasteiger partial charge in [0.05, 0.1) is 6.54 Å². The fourth-order valence-electron chi connectivity index (χ4n) is 1.27. The number of terminal acetylenes is 1. The number of carbonyl (C=O) groups is 2. The number of carboxylic acids is 1. The third-order valence-corrected chi connectivity index (χ3v) is 2.06. The average molecular weight is 247 g/mol. The second-order valence-electron chi connectivity index (χ2n) is 3.47. The normalized spacial score (nSPS) is 9.28. The quantitative estimate of drug-likeness (QED) is 0.734. The van der Waals surface area contributed by atoms with Crippen molar-refractivity contribution >= 4 is 12.0 Å². The first-order chi connectivity index (χ1) is 8.63. The maximum Gasteiger partial charge on any atom is 0.323 e. The van der Waals surface area contributed by atoms with Crippen LogP contribution in [0.5, 0.6) is 0 Å². The molecule has 1 aromatic rings. The minimum atomic E-state index is -1.11. The first kappa shape index (κ1) is 13.5. The minimum absolute atomic E-state index is 0.0504. The monoisotopic (exact) mass is 247 g/mol. The maximum absolute atomic E-state index is 11.7. The molecular weight excluding hydrogens is 234 g/mol. The largest absolute Gasteiger partial charge is 0.480 e. The molecule has 1 heterocycles. The molecule has 2 amide bonds. The number of aromatic nitrogens is 1. The molecule has 0 aliphatic carbocycles. The number of pyridine rings is 1. The molecule has 0 saturated carbocycles. The summed E-state index contributed by atoms with van der Waals surface area (Å²) in [5, 5.41) is 11.2. The van der Waals surface area contributed by atoms with E-state index in [9.17, 15) is 9.59 Å². The molecule has 0 unspecified atom stereocenters. The van der Waals surface area contributed by atoms with Crippen LogP contribution in [0.15, 0.2) is 24.5 Å². The highest BCUT2D eigenvalue weighted by molar-refractivity contribution is 5.80. The van der Waals surface area contributed by atoms with Gasteiger partial charge in [-0.1, -0.05) is 12.0 Å². The van der Waals surface area contributed by atoms with Crippen molar-refractivity contribution in [3.8, 4) is 12.3 Å². The van der Waals surface area contributed by atoms with Gasteiger partial charge in [0.25, 0.3) is 0 Å². The van der Waals surface area contributed by atoms with Crippen LogP contribution in [0.3, 0.4) is 0 Å². The molecule has 0 saturated heterocycles. The fraction of sp³-hybridized carbons (Fsp3) is 0.250. The third-order valence-electron chi connectivity index (χ3n) is 2.06. The van der Waals surface area contributed by atoms with Crippen molar-refractivity contribution in [2.24, 2.45) is 0 Å². The Kier molecular flexibility index (Phi) is 5.19. The van der Waals surface area contributed by atoms with E-state index in [-0.39, 0.29) is 13.1 Å². The lowest BCUT2D eigenvalue weighted by Gasteiger charge is -2.18. The second-order valence-corrected chi connectivity index (χ2v) is 3.47. The molecule has 0 bridgehead atoms. The number of carbonyl (C=O) groups excluding carboxylic acids is 1. The lowest BCUT2D eigenvalue weighted by molar-refractivity contribution is -0.137. The lowest BCUT2D eigenvalue weighted by atomic mass is 10.3. The Hall–Kier alpha value is -2.55. The SMILES string of the molecule is C#CCN(CC(=O)O)C(=O)NCc1cccnc1.